The van der Waals surface area contributed by atoms with Gasteiger partial charge in [-0.1, -0.05) is 6.92 Å². The Balaban J connectivity index is 1.96. The lowest BCUT2D eigenvalue weighted by atomic mass is 10.1. The minimum Gasteiger partial charge on any atom is -0.454 e. The van der Waals surface area contributed by atoms with Gasteiger partial charge in [-0.25, -0.2) is 0 Å². The van der Waals surface area contributed by atoms with Gasteiger partial charge in [-0.2, -0.15) is 5.26 Å². The summed E-state index contributed by atoms with van der Waals surface area (Å²) in [5.74, 6) is 0.923. The summed E-state index contributed by atoms with van der Waals surface area (Å²) >= 11 is 1.21. The molecule has 1 aliphatic rings. The van der Waals surface area contributed by atoms with Crippen molar-refractivity contribution in [2.24, 2.45) is 0 Å². The SMILES string of the molecule is CCCNc1sc(C(=O)c2ccc3c(c2)OCO3)c(N)c1C#N. The number of nitriles is 1. The summed E-state index contributed by atoms with van der Waals surface area (Å²) in [7, 11) is 0. The third kappa shape index (κ3) is 2.69. The zero-order chi connectivity index (χ0) is 16.4. The Morgan fingerprint density at radius 3 is 2.96 bits per heavy atom. The molecule has 3 N–H and O–H groups in total. The lowest BCUT2D eigenvalue weighted by molar-refractivity contribution is 0.104. The number of carbonyl (C=O) groups is 1. The minimum absolute atomic E-state index is 0.151. The zero-order valence-electron chi connectivity index (χ0n) is 12.5. The van der Waals surface area contributed by atoms with Crippen LogP contribution in [-0.2, 0) is 0 Å². The molecule has 23 heavy (non-hydrogen) atoms. The van der Waals surface area contributed by atoms with E-state index in [0.717, 1.165) is 6.42 Å². The van der Waals surface area contributed by atoms with Crippen molar-refractivity contribution in [1.82, 2.24) is 0 Å². The van der Waals surface area contributed by atoms with Gasteiger partial charge in [0.1, 0.15) is 21.5 Å². The number of ether oxygens (including phenoxy) is 2. The number of carbonyl (C=O) groups excluding carboxylic acids is 1. The molecule has 0 radical (unpaired) electrons. The number of fused-ring (bicyclic) bond motifs is 1. The van der Waals surface area contributed by atoms with Crippen molar-refractivity contribution in [3.63, 3.8) is 0 Å². The number of benzene rings is 1. The van der Waals surface area contributed by atoms with Crippen LogP contribution in [0.3, 0.4) is 0 Å². The standard InChI is InChI=1S/C16H15N3O3S/c1-2-5-19-16-10(7-17)13(18)15(23-16)14(20)9-3-4-11-12(6-9)22-8-21-11/h3-4,6,19H,2,5,8,18H2,1H3. The quantitative estimate of drug-likeness (QED) is 0.818. The Kier molecular flexibility index (Phi) is 4.08. The highest BCUT2D eigenvalue weighted by atomic mass is 32.1. The molecule has 0 aliphatic carbocycles. The van der Waals surface area contributed by atoms with Crippen molar-refractivity contribution >= 4 is 27.8 Å². The van der Waals surface area contributed by atoms with Crippen molar-refractivity contribution < 1.29 is 14.3 Å². The monoisotopic (exact) mass is 329 g/mol. The summed E-state index contributed by atoms with van der Waals surface area (Å²) in [5.41, 5.74) is 7.01. The van der Waals surface area contributed by atoms with Crippen LogP contribution in [0.5, 0.6) is 11.5 Å². The summed E-state index contributed by atoms with van der Waals surface area (Å²) in [4.78, 5) is 13.1. The highest BCUT2D eigenvalue weighted by Gasteiger charge is 2.24. The number of rotatable bonds is 5. The molecule has 6 nitrogen and oxygen atoms in total. The van der Waals surface area contributed by atoms with E-state index in [2.05, 4.69) is 11.4 Å². The Labute approximate surface area is 137 Å². The van der Waals surface area contributed by atoms with Gasteiger partial charge in [0.2, 0.25) is 12.6 Å². The molecule has 1 aromatic heterocycles. The van der Waals surface area contributed by atoms with Crippen molar-refractivity contribution in [1.29, 1.82) is 5.26 Å². The van der Waals surface area contributed by atoms with Crippen LogP contribution in [0.1, 0.15) is 34.1 Å². The van der Waals surface area contributed by atoms with E-state index < -0.39 is 0 Å². The molecule has 3 rings (SSSR count). The lowest BCUT2D eigenvalue weighted by Gasteiger charge is -2.02. The molecule has 0 saturated carbocycles. The fourth-order valence-corrected chi connectivity index (χ4v) is 3.31. The van der Waals surface area contributed by atoms with Crippen molar-refractivity contribution in [3.8, 4) is 17.6 Å². The van der Waals surface area contributed by atoms with Gasteiger partial charge in [-0.3, -0.25) is 4.79 Å². The number of thiophene rings is 1. The van der Waals surface area contributed by atoms with Crippen LogP contribution in [0.4, 0.5) is 10.7 Å². The van der Waals surface area contributed by atoms with E-state index in [1.165, 1.54) is 11.3 Å². The zero-order valence-corrected chi connectivity index (χ0v) is 13.3. The number of nitrogens with one attached hydrogen (secondary N) is 1. The topological polar surface area (TPSA) is 97.4 Å². The molecule has 0 fully saturated rings. The van der Waals surface area contributed by atoms with Crippen LogP contribution in [-0.4, -0.2) is 19.1 Å². The summed E-state index contributed by atoms with van der Waals surface area (Å²) in [6.45, 7) is 2.89. The molecule has 118 valence electrons. The van der Waals surface area contributed by atoms with Crippen LogP contribution < -0.4 is 20.5 Å². The van der Waals surface area contributed by atoms with Crippen molar-refractivity contribution in [3.05, 3.63) is 34.2 Å². The molecular formula is C16H15N3O3S. The van der Waals surface area contributed by atoms with E-state index >= 15 is 0 Å². The average molecular weight is 329 g/mol. The molecule has 0 atom stereocenters. The van der Waals surface area contributed by atoms with Gasteiger partial charge in [-0.05, 0) is 24.6 Å². The second-order valence-electron chi connectivity index (χ2n) is 4.98. The Morgan fingerprint density at radius 2 is 2.22 bits per heavy atom. The van der Waals surface area contributed by atoms with Gasteiger partial charge >= 0.3 is 0 Å². The summed E-state index contributed by atoms with van der Waals surface area (Å²) < 4.78 is 10.5. The van der Waals surface area contributed by atoms with Gasteiger partial charge in [0.25, 0.3) is 0 Å². The highest BCUT2D eigenvalue weighted by Crippen LogP contribution is 2.38. The van der Waals surface area contributed by atoms with Gasteiger partial charge in [0, 0.05) is 12.1 Å². The first-order valence-corrected chi connectivity index (χ1v) is 7.98. The fraction of sp³-hybridized carbons (Fsp3) is 0.250. The maximum Gasteiger partial charge on any atom is 0.231 e. The predicted octanol–water partition coefficient (Wildman–Crippen LogP) is 2.98. The largest absolute Gasteiger partial charge is 0.454 e. The minimum atomic E-state index is -0.230. The maximum atomic E-state index is 12.7. The van der Waals surface area contributed by atoms with Gasteiger partial charge in [-0.15, -0.1) is 11.3 Å². The Morgan fingerprint density at radius 1 is 1.43 bits per heavy atom. The lowest BCUT2D eigenvalue weighted by Crippen LogP contribution is -2.02. The van der Waals surface area contributed by atoms with Crippen LogP contribution in [0, 0.1) is 11.3 Å². The Bertz CT molecular complexity index is 808. The van der Waals surface area contributed by atoms with Gasteiger partial charge < -0.3 is 20.5 Å². The van der Waals surface area contributed by atoms with E-state index in [-0.39, 0.29) is 18.3 Å². The van der Waals surface area contributed by atoms with Crippen LogP contribution in [0.15, 0.2) is 18.2 Å². The number of hydrogen-bond donors (Lipinski definition) is 2. The smallest absolute Gasteiger partial charge is 0.231 e. The molecule has 7 heteroatoms. The first kappa shape index (κ1) is 15.2. The number of ketones is 1. The third-order valence-corrected chi connectivity index (χ3v) is 4.60. The normalized spacial score (nSPS) is 12.0. The summed E-state index contributed by atoms with van der Waals surface area (Å²) in [6.07, 6.45) is 0.911. The molecule has 0 unspecified atom stereocenters. The van der Waals surface area contributed by atoms with Gasteiger partial charge in [0.05, 0.1) is 5.69 Å². The Hall–Kier alpha value is -2.72. The third-order valence-electron chi connectivity index (χ3n) is 3.43. The fourth-order valence-electron chi connectivity index (χ4n) is 2.26. The number of nitrogens with two attached hydrogens (primary N) is 1. The number of hydrogen-bond acceptors (Lipinski definition) is 7. The van der Waals surface area contributed by atoms with Crippen LogP contribution in [0.25, 0.3) is 0 Å². The summed E-state index contributed by atoms with van der Waals surface area (Å²) in [6, 6.07) is 7.06. The van der Waals surface area contributed by atoms with E-state index in [1.807, 2.05) is 6.92 Å². The van der Waals surface area contributed by atoms with Crippen LogP contribution in [0.2, 0.25) is 0 Å². The molecule has 0 spiro atoms. The van der Waals surface area contributed by atoms with E-state index in [1.54, 1.807) is 18.2 Å². The molecule has 1 aromatic carbocycles. The number of nitrogens with zero attached hydrogens (tertiary/aromatic N) is 1. The number of anilines is 2. The molecule has 1 aliphatic heterocycles. The maximum absolute atomic E-state index is 12.7. The molecular weight excluding hydrogens is 314 g/mol. The second-order valence-corrected chi connectivity index (χ2v) is 6.01. The first-order chi connectivity index (χ1) is 11.2. The molecule has 0 saturated heterocycles. The predicted molar refractivity (Wildman–Crippen MR) is 88.2 cm³/mol. The van der Waals surface area contributed by atoms with Crippen LogP contribution >= 0.6 is 11.3 Å². The molecule has 2 aromatic rings. The van der Waals surface area contributed by atoms with Crippen molar-refractivity contribution in [2.75, 3.05) is 24.4 Å². The van der Waals surface area contributed by atoms with E-state index in [0.29, 0.717) is 39.0 Å². The molecule has 0 amide bonds. The van der Waals surface area contributed by atoms with Crippen molar-refractivity contribution in [2.45, 2.75) is 13.3 Å². The second kappa shape index (κ2) is 6.18. The molecule has 2 heterocycles. The first-order valence-electron chi connectivity index (χ1n) is 7.16. The highest BCUT2D eigenvalue weighted by molar-refractivity contribution is 7.19. The number of nitrogen functional groups attached to an aromatic ring is 1. The van der Waals surface area contributed by atoms with Gasteiger partial charge in [0.15, 0.2) is 11.5 Å². The summed E-state index contributed by atoms with van der Waals surface area (Å²) in [5, 5.41) is 13.1. The average Bonchev–Trinajstić information content (AvgIpc) is 3.15. The van der Waals surface area contributed by atoms with E-state index in [4.69, 9.17) is 15.2 Å². The molecule has 0 bridgehead atoms. The van der Waals surface area contributed by atoms with E-state index in [9.17, 15) is 10.1 Å².